The van der Waals surface area contributed by atoms with Gasteiger partial charge in [0.2, 0.25) is 0 Å². The minimum atomic E-state index is -0.829. The number of rotatable bonds is 3. The highest BCUT2D eigenvalue weighted by Gasteiger charge is 2.26. The molecule has 0 saturated heterocycles. The van der Waals surface area contributed by atoms with Gasteiger partial charge in [-0.2, -0.15) is 0 Å². The number of hydrogen-bond acceptors (Lipinski definition) is 6. The molecule has 0 saturated carbocycles. The van der Waals surface area contributed by atoms with Gasteiger partial charge >= 0.3 is 0 Å². The molecule has 1 aliphatic carbocycles. The zero-order chi connectivity index (χ0) is 20.7. The molecule has 150 valence electrons. The van der Waals surface area contributed by atoms with E-state index in [1.165, 1.54) is 17.4 Å². The normalized spacial score (nSPS) is 12.7. The van der Waals surface area contributed by atoms with Crippen LogP contribution in [0.3, 0.4) is 0 Å². The van der Waals surface area contributed by atoms with Gasteiger partial charge in [-0.15, -0.1) is 22.7 Å². The maximum atomic E-state index is 13.9. The Hall–Kier alpha value is -3.04. The minimum absolute atomic E-state index is 0.159. The number of aryl methyl sites for hydroxylation is 2. The predicted molar refractivity (Wildman–Crippen MR) is 113 cm³/mol. The summed E-state index contributed by atoms with van der Waals surface area (Å²) in [6, 6.07) is 7.26. The monoisotopic (exact) mass is 440 g/mol. The lowest BCUT2D eigenvalue weighted by atomic mass is 10.2. The summed E-state index contributed by atoms with van der Waals surface area (Å²) in [6.07, 6.45) is 5.98. The third-order valence-corrected chi connectivity index (χ3v) is 7.00. The van der Waals surface area contributed by atoms with E-state index in [4.69, 9.17) is 4.98 Å². The fourth-order valence-electron chi connectivity index (χ4n) is 3.32. The fraction of sp³-hybridized carbons (Fsp3) is 0.143. The number of pyridine rings is 1. The number of carbonyl (C=O) groups excluding carboxylic acids is 1. The highest BCUT2D eigenvalue weighted by Crippen LogP contribution is 2.41. The molecule has 5 rings (SSSR count). The maximum Gasteiger partial charge on any atom is 0.284 e. The van der Waals surface area contributed by atoms with E-state index in [2.05, 4.69) is 15.3 Å². The predicted octanol–water partition coefficient (Wildman–Crippen LogP) is 5.35. The number of thiazole rings is 2. The lowest BCUT2D eigenvalue weighted by molar-refractivity contribution is 0.102. The average Bonchev–Trinajstić information content (AvgIpc) is 3.33. The van der Waals surface area contributed by atoms with Gasteiger partial charge in [0.25, 0.3) is 5.91 Å². The number of nitrogens with one attached hydrogen (secondary N) is 1. The Bertz CT molecular complexity index is 1230. The standard InChI is InChI=1S/C21H14F2N4OS2/c22-12-5-1-6-13(23)16(12)26-19(28)21-25-14-7-2-8-15-17(18(14)30-21)27-20(29-15)11-4-3-9-24-10-11/h1,3-6,9-10H,2,7-8H2,(H,26,28). The summed E-state index contributed by atoms with van der Waals surface area (Å²) in [6.45, 7) is 0. The van der Waals surface area contributed by atoms with Gasteiger partial charge in [0.15, 0.2) is 5.01 Å². The summed E-state index contributed by atoms with van der Waals surface area (Å²) in [5, 5.41) is 3.34. The number of para-hydroxylation sites is 1. The van der Waals surface area contributed by atoms with Crippen molar-refractivity contribution in [3.05, 3.63) is 69.9 Å². The van der Waals surface area contributed by atoms with Crippen LogP contribution in [0.1, 0.15) is 26.8 Å². The van der Waals surface area contributed by atoms with E-state index in [1.54, 1.807) is 23.7 Å². The van der Waals surface area contributed by atoms with Crippen LogP contribution in [0.5, 0.6) is 0 Å². The first-order chi connectivity index (χ1) is 14.6. The number of fused-ring (bicyclic) bond motifs is 3. The van der Waals surface area contributed by atoms with Crippen LogP contribution in [0, 0.1) is 11.6 Å². The van der Waals surface area contributed by atoms with Crippen molar-refractivity contribution in [2.75, 3.05) is 5.32 Å². The molecule has 0 radical (unpaired) electrons. The maximum absolute atomic E-state index is 13.9. The highest BCUT2D eigenvalue weighted by atomic mass is 32.1. The Labute approximate surface area is 178 Å². The van der Waals surface area contributed by atoms with E-state index in [0.717, 1.165) is 63.1 Å². The first kappa shape index (κ1) is 19.0. The summed E-state index contributed by atoms with van der Waals surface area (Å²) in [4.78, 5) is 28.0. The molecule has 0 spiro atoms. The molecule has 0 fully saturated rings. The van der Waals surface area contributed by atoms with Gasteiger partial charge < -0.3 is 5.32 Å². The molecule has 3 aromatic heterocycles. The summed E-state index contributed by atoms with van der Waals surface area (Å²) >= 11 is 2.82. The van der Waals surface area contributed by atoms with Crippen molar-refractivity contribution in [1.29, 1.82) is 0 Å². The van der Waals surface area contributed by atoms with Crippen molar-refractivity contribution in [2.45, 2.75) is 19.3 Å². The second-order valence-electron chi connectivity index (χ2n) is 6.73. The fourth-order valence-corrected chi connectivity index (χ4v) is 5.50. The van der Waals surface area contributed by atoms with E-state index in [9.17, 15) is 13.6 Å². The van der Waals surface area contributed by atoms with Gasteiger partial charge in [0.05, 0.1) is 16.3 Å². The van der Waals surface area contributed by atoms with Crippen LogP contribution in [-0.4, -0.2) is 20.9 Å². The molecule has 0 atom stereocenters. The molecule has 1 amide bonds. The van der Waals surface area contributed by atoms with Crippen molar-refractivity contribution in [1.82, 2.24) is 15.0 Å². The van der Waals surface area contributed by atoms with Gasteiger partial charge in [0.1, 0.15) is 22.3 Å². The number of hydrogen-bond donors (Lipinski definition) is 1. The lowest BCUT2D eigenvalue weighted by Crippen LogP contribution is -2.14. The Morgan fingerprint density at radius 3 is 2.63 bits per heavy atom. The van der Waals surface area contributed by atoms with E-state index in [-0.39, 0.29) is 5.01 Å². The summed E-state index contributed by atoms with van der Waals surface area (Å²) in [5.74, 6) is -2.30. The second-order valence-corrected chi connectivity index (χ2v) is 8.81. The molecule has 0 bridgehead atoms. The lowest BCUT2D eigenvalue weighted by Gasteiger charge is -2.05. The number of amides is 1. The van der Waals surface area contributed by atoms with Crippen molar-refractivity contribution in [3.63, 3.8) is 0 Å². The summed E-state index contributed by atoms with van der Waals surface area (Å²) in [5.41, 5.74) is 2.09. The molecule has 0 unspecified atom stereocenters. The SMILES string of the molecule is O=C(Nc1c(F)cccc1F)c1nc2c(s1)-c1nc(-c3cccnc3)sc1CCC2. The number of aromatic nitrogens is 3. The topological polar surface area (TPSA) is 67.8 Å². The van der Waals surface area contributed by atoms with Crippen molar-refractivity contribution in [3.8, 4) is 21.1 Å². The van der Waals surface area contributed by atoms with Crippen molar-refractivity contribution in [2.24, 2.45) is 0 Å². The largest absolute Gasteiger partial charge is 0.315 e. The molecule has 0 aliphatic heterocycles. The average molecular weight is 441 g/mol. The van der Waals surface area contributed by atoms with Crippen molar-refractivity contribution < 1.29 is 13.6 Å². The van der Waals surface area contributed by atoms with Crippen LogP contribution in [-0.2, 0) is 12.8 Å². The molecule has 4 aromatic rings. The third-order valence-electron chi connectivity index (χ3n) is 4.73. The van der Waals surface area contributed by atoms with Crippen LogP contribution in [0.4, 0.5) is 14.5 Å². The van der Waals surface area contributed by atoms with Crippen LogP contribution < -0.4 is 5.32 Å². The minimum Gasteiger partial charge on any atom is -0.315 e. The van der Waals surface area contributed by atoms with E-state index in [0.29, 0.717) is 0 Å². The third kappa shape index (κ3) is 3.40. The van der Waals surface area contributed by atoms with Crippen LogP contribution in [0.25, 0.3) is 21.1 Å². The van der Waals surface area contributed by atoms with Crippen LogP contribution >= 0.6 is 22.7 Å². The number of nitrogens with zero attached hydrogens (tertiary/aromatic N) is 3. The molecule has 1 aromatic carbocycles. The Morgan fingerprint density at radius 2 is 1.87 bits per heavy atom. The first-order valence-electron chi connectivity index (χ1n) is 9.25. The second kappa shape index (κ2) is 7.66. The zero-order valence-corrected chi connectivity index (χ0v) is 17.1. The number of carbonyl (C=O) groups is 1. The highest BCUT2D eigenvalue weighted by molar-refractivity contribution is 7.18. The Balaban J connectivity index is 1.50. The number of anilines is 1. The quantitative estimate of drug-likeness (QED) is 0.466. The van der Waals surface area contributed by atoms with E-state index in [1.807, 2.05) is 12.1 Å². The first-order valence-corrected chi connectivity index (χ1v) is 10.9. The van der Waals surface area contributed by atoms with Gasteiger partial charge in [-0.25, -0.2) is 18.7 Å². The molecule has 30 heavy (non-hydrogen) atoms. The van der Waals surface area contributed by atoms with E-state index < -0.39 is 23.2 Å². The van der Waals surface area contributed by atoms with Crippen LogP contribution in [0.2, 0.25) is 0 Å². The number of halogens is 2. The van der Waals surface area contributed by atoms with Gasteiger partial charge in [-0.3, -0.25) is 9.78 Å². The Morgan fingerprint density at radius 1 is 1.03 bits per heavy atom. The smallest absolute Gasteiger partial charge is 0.284 e. The Kier molecular flexibility index (Phi) is 4.84. The van der Waals surface area contributed by atoms with Gasteiger partial charge in [0, 0.05) is 22.8 Å². The van der Waals surface area contributed by atoms with Crippen molar-refractivity contribution >= 4 is 34.3 Å². The van der Waals surface area contributed by atoms with Gasteiger partial charge in [-0.1, -0.05) is 6.07 Å². The molecular weight excluding hydrogens is 426 g/mol. The molecule has 1 N–H and O–H groups in total. The molecular formula is C21H14F2N4OS2. The van der Waals surface area contributed by atoms with E-state index >= 15 is 0 Å². The summed E-state index contributed by atoms with van der Waals surface area (Å²) in [7, 11) is 0. The molecule has 9 heteroatoms. The molecule has 5 nitrogen and oxygen atoms in total. The zero-order valence-electron chi connectivity index (χ0n) is 15.5. The summed E-state index contributed by atoms with van der Waals surface area (Å²) < 4.78 is 27.8. The number of benzene rings is 1. The van der Waals surface area contributed by atoms with Gasteiger partial charge in [-0.05, 0) is 43.5 Å². The van der Waals surface area contributed by atoms with Crippen LogP contribution in [0.15, 0.2) is 42.7 Å². The molecule has 1 aliphatic rings. The molecule has 3 heterocycles.